The Bertz CT molecular complexity index is 72.2. The summed E-state index contributed by atoms with van der Waals surface area (Å²) in [6.07, 6.45) is 3.83. The third-order valence-electron chi connectivity index (χ3n) is 0.566. The van der Waals surface area contributed by atoms with Crippen LogP contribution in [0.25, 0.3) is 0 Å². The van der Waals surface area contributed by atoms with Crippen LogP contribution in [-0.2, 0) is 0 Å². The van der Waals surface area contributed by atoms with Crippen LogP contribution in [0.3, 0.4) is 0 Å². The van der Waals surface area contributed by atoms with Crippen molar-refractivity contribution >= 4 is 8.80 Å². The second kappa shape index (κ2) is 3.87. The average molecular weight is 111 g/mol. The minimum Gasteiger partial charge on any atom is -0.0991 e. The maximum atomic E-state index is 3.56. The van der Waals surface area contributed by atoms with Crippen molar-refractivity contribution in [3.63, 3.8) is 0 Å². The maximum absolute atomic E-state index is 3.56. The highest BCUT2D eigenvalue weighted by Crippen LogP contribution is 1.80. The molecule has 0 N–H and O–H groups in total. The van der Waals surface area contributed by atoms with Gasteiger partial charge in [-0.15, -0.1) is 0 Å². The van der Waals surface area contributed by atoms with Crippen molar-refractivity contribution in [2.24, 2.45) is 0 Å². The largest absolute Gasteiger partial charge is 0.0991 e. The van der Waals surface area contributed by atoms with Crippen LogP contribution < -0.4 is 0 Å². The van der Waals surface area contributed by atoms with E-state index in [0.717, 1.165) is 0 Å². The minimum absolute atomic E-state index is 0.149. The summed E-state index contributed by atoms with van der Waals surface area (Å²) < 4.78 is 0. The molecule has 0 rings (SSSR count). The molecular weight excluding hydrogens is 100 g/mol. The van der Waals surface area contributed by atoms with Gasteiger partial charge in [-0.1, -0.05) is 37.5 Å². The molecule has 0 saturated carbocycles. The maximum Gasteiger partial charge on any atom is 0.0693 e. The summed E-state index contributed by atoms with van der Waals surface area (Å²) in [6, 6.07) is 0. The number of hydrogen-bond acceptors (Lipinski definition) is 0. The van der Waals surface area contributed by atoms with Crippen molar-refractivity contribution in [1.29, 1.82) is 0 Å². The van der Waals surface area contributed by atoms with Crippen LogP contribution in [0.2, 0.25) is 13.1 Å². The third kappa shape index (κ3) is 5.70. The molecule has 1 heteroatoms. The quantitative estimate of drug-likeness (QED) is 0.378. The van der Waals surface area contributed by atoms with E-state index in [1.54, 1.807) is 0 Å². The Kier molecular flexibility index (Phi) is 3.70. The van der Waals surface area contributed by atoms with E-state index >= 15 is 0 Å². The lowest BCUT2D eigenvalue weighted by molar-refractivity contribution is 1.95. The Labute approximate surface area is 47.2 Å². The highest BCUT2D eigenvalue weighted by molar-refractivity contribution is 6.61. The SMILES string of the molecule is C=CC=C[Si](C)C. The van der Waals surface area contributed by atoms with Crippen LogP contribution in [-0.4, -0.2) is 8.80 Å². The lowest BCUT2D eigenvalue weighted by atomic mass is 10.6. The molecule has 7 heavy (non-hydrogen) atoms. The fourth-order valence-electron chi connectivity index (χ4n) is 0.260. The predicted molar refractivity (Wildman–Crippen MR) is 36.8 cm³/mol. The first kappa shape index (κ1) is 6.70. The predicted octanol–water partition coefficient (Wildman–Crippen LogP) is 2.02. The van der Waals surface area contributed by atoms with Gasteiger partial charge < -0.3 is 0 Å². The van der Waals surface area contributed by atoms with Crippen molar-refractivity contribution < 1.29 is 0 Å². The Morgan fingerprint density at radius 1 is 1.43 bits per heavy atom. The molecule has 0 aliphatic carbocycles. The Morgan fingerprint density at radius 3 is 2.14 bits per heavy atom. The highest BCUT2D eigenvalue weighted by Gasteiger charge is 1.81. The molecule has 0 aliphatic rings. The summed E-state index contributed by atoms with van der Waals surface area (Å²) in [6.45, 7) is 8.04. The first-order chi connectivity index (χ1) is 3.27. The van der Waals surface area contributed by atoms with E-state index in [4.69, 9.17) is 0 Å². The van der Waals surface area contributed by atoms with E-state index in [9.17, 15) is 0 Å². The van der Waals surface area contributed by atoms with Gasteiger partial charge in [0.15, 0.2) is 0 Å². The number of allylic oxidation sites excluding steroid dienone is 2. The second-order valence-electron chi connectivity index (χ2n) is 1.67. The fourth-order valence-corrected chi connectivity index (χ4v) is 0.781. The van der Waals surface area contributed by atoms with Gasteiger partial charge in [0.1, 0.15) is 0 Å². The molecule has 0 nitrogen and oxygen atoms in total. The zero-order chi connectivity index (χ0) is 5.70. The van der Waals surface area contributed by atoms with Gasteiger partial charge in [-0.2, -0.15) is 0 Å². The molecule has 0 fully saturated rings. The zero-order valence-electron chi connectivity index (χ0n) is 4.94. The summed E-state index contributed by atoms with van der Waals surface area (Å²) >= 11 is 0. The molecule has 0 saturated heterocycles. The molecule has 0 spiro atoms. The first-order valence-electron chi connectivity index (χ1n) is 2.36. The molecule has 1 radical (unpaired) electrons. The van der Waals surface area contributed by atoms with Crippen molar-refractivity contribution in [2.75, 3.05) is 0 Å². The third-order valence-corrected chi connectivity index (χ3v) is 1.42. The zero-order valence-corrected chi connectivity index (χ0v) is 5.94. The fraction of sp³-hybridized carbons (Fsp3) is 0.333. The van der Waals surface area contributed by atoms with Crippen molar-refractivity contribution in [2.45, 2.75) is 13.1 Å². The van der Waals surface area contributed by atoms with Crippen LogP contribution in [0.4, 0.5) is 0 Å². The molecular formula is C6H11Si. The molecule has 0 aromatic rings. The van der Waals surface area contributed by atoms with Crippen LogP contribution in [0.1, 0.15) is 0 Å². The second-order valence-corrected chi connectivity index (χ2v) is 4.16. The van der Waals surface area contributed by atoms with E-state index in [0.29, 0.717) is 0 Å². The van der Waals surface area contributed by atoms with Gasteiger partial charge in [0.05, 0.1) is 8.80 Å². The van der Waals surface area contributed by atoms with Crippen molar-refractivity contribution in [3.8, 4) is 0 Å². The van der Waals surface area contributed by atoms with E-state index in [1.807, 2.05) is 12.2 Å². The Morgan fingerprint density at radius 2 is 2.00 bits per heavy atom. The highest BCUT2D eigenvalue weighted by atomic mass is 28.3. The van der Waals surface area contributed by atoms with E-state index in [2.05, 4.69) is 25.4 Å². The first-order valence-corrected chi connectivity index (χ1v) is 4.94. The van der Waals surface area contributed by atoms with E-state index in [-0.39, 0.29) is 8.80 Å². The van der Waals surface area contributed by atoms with Gasteiger partial charge >= 0.3 is 0 Å². The van der Waals surface area contributed by atoms with Crippen LogP contribution in [0, 0.1) is 0 Å². The lowest BCUT2D eigenvalue weighted by Crippen LogP contribution is -1.90. The molecule has 0 bridgehead atoms. The van der Waals surface area contributed by atoms with Crippen LogP contribution >= 0.6 is 0 Å². The smallest absolute Gasteiger partial charge is 0.0693 e. The minimum atomic E-state index is -0.149. The van der Waals surface area contributed by atoms with Crippen molar-refractivity contribution in [1.82, 2.24) is 0 Å². The van der Waals surface area contributed by atoms with Crippen molar-refractivity contribution in [3.05, 3.63) is 24.4 Å². The standard InChI is InChI=1S/C6H11Si/c1-4-5-6-7(2)3/h4-6H,1H2,2-3H3. The van der Waals surface area contributed by atoms with Gasteiger partial charge in [0, 0.05) is 0 Å². The van der Waals surface area contributed by atoms with Gasteiger partial charge in [0.2, 0.25) is 0 Å². The summed E-state index contributed by atoms with van der Waals surface area (Å²) in [5.41, 5.74) is 2.21. The number of hydrogen-bond donors (Lipinski definition) is 0. The molecule has 0 aromatic carbocycles. The molecule has 0 atom stereocenters. The molecule has 39 valence electrons. The van der Waals surface area contributed by atoms with Gasteiger partial charge in [-0.3, -0.25) is 0 Å². The topological polar surface area (TPSA) is 0 Å². The van der Waals surface area contributed by atoms with Crippen LogP contribution in [0.15, 0.2) is 24.4 Å². The Hall–Kier alpha value is -0.303. The van der Waals surface area contributed by atoms with Crippen LogP contribution in [0.5, 0.6) is 0 Å². The van der Waals surface area contributed by atoms with E-state index in [1.165, 1.54) is 0 Å². The molecule has 0 aliphatic heterocycles. The Balaban J connectivity index is 3.25. The summed E-state index contributed by atoms with van der Waals surface area (Å²) in [4.78, 5) is 0. The van der Waals surface area contributed by atoms with Gasteiger partial charge in [-0.25, -0.2) is 0 Å². The average Bonchev–Trinajstić information content (AvgIpc) is 1.61. The lowest BCUT2D eigenvalue weighted by Gasteiger charge is -1.84. The summed E-state index contributed by atoms with van der Waals surface area (Å²) in [7, 11) is -0.149. The monoisotopic (exact) mass is 111 g/mol. The van der Waals surface area contributed by atoms with Gasteiger partial charge in [-0.05, 0) is 0 Å². The molecule has 0 aromatic heterocycles. The van der Waals surface area contributed by atoms with E-state index < -0.39 is 0 Å². The molecule has 0 unspecified atom stereocenters. The summed E-state index contributed by atoms with van der Waals surface area (Å²) in [5.74, 6) is 0. The normalized spacial score (nSPS) is 10.7. The summed E-state index contributed by atoms with van der Waals surface area (Å²) in [5, 5.41) is 0. The number of rotatable bonds is 2. The molecule has 0 amide bonds. The molecule has 0 heterocycles. The van der Waals surface area contributed by atoms with Gasteiger partial charge in [0.25, 0.3) is 0 Å².